The molecule has 0 atom stereocenters. The number of thiophene rings is 3. The lowest BCUT2D eigenvalue weighted by atomic mass is 10.1. The van der Waals surface area contributed by atoms with E-state index in [9.17, 15) is 20.2 Å². The van der Waals surface area contributed by atoms with Crippen LogP contribution in [0.3, 0.4) is 0 Å². The van der Waals surface area contributed by atoms with Gasteiger partial charge in [0.05, 0.1) is 48.9 Å². The van der Waals surface area contributed by atoms with Crippen molar-refractivity contribution in [2.45, 2.75) is 107 Å². The number of nitro groups is 2. The summed E-state index contributed by atoms with van der Waals surface area (Å²) in [5.41, 5.74) is 17.2. The van der Waals surface area contributed by atoms with Gasteiger partial charge in [0.1, 0.15) is 5.04 Å². The van der Waals surface area contributed by atoms with E-state index >= 15 is 0 Å². The minimum atomic E-state index is -0.366. The molecule has 0 bridgehead atoms. The smallest absolute Gasteiger partial charge is 0.270 e. The number of likely N-dealkylation sites (N-methyl/N-ethyl adjacent to an activating group) is 4. The van der Waals surface area contributed by atoms with Crippen LogP contribution in [0.2, 0.25) is 0 Å². The van der Waals surface area contributed by atoms with E-state index in [0.29, 0.717) is 29.3 Å². The minimum Gasteiger partial charge on any atom is -0.412 e. The summed E-state index contributed by atoms with van der Waals surface area (Å²) in [5, 5.41) is 55.2. The molecule has 0 unspecified atom stereocenters. The highest BCUT2D eigenvalue weighted by Gasteiger charge is 2.25. The van der Waals surface area contributed by atoms with Gasteiger partial charge in [0, 0.05) is 209 Å². The van der Waals surface area contributed by atoms with Gasteiger partial charge in [-0.3, -0.25) is 37.3 Å². The van der Waals surface area contributed by atoms with E-state index in [-0.39, 0.29) is 75.5 Å². The first kappa shape index (κ1) is 115. The number of anilines is 6. The topological polar surface area (TPSA) is 309 Å². The molecule has 8 heterocycles. The van der Waals surface area contributed by atoms with Crippen molar-refractivity contribution in [2.75, 3.05) is 229 Å². The Labute approximate surface area is 811 Å². The maximum absolute atomic E-state index is 10.8. The summed E-state index contributed by atoms with van der Waals surface area (Å²) < 4.78 is 0. The lowest BCUT2D eigenvalue weighted by Gasteiger charge is -2.33. The van der Waals surface area contributed by atoms with Crippen molar-refractivity contribution in [2.24, 2.45) is 11.7 Å². The summed E-state index contributed by atoms with van der Waals surface area (Å²) in [4.78, 5) is 51.9. The van der Waals surface area contributed by atoms with Crippen molar-refractivity contribution in [3.8, 4) is 0 Å². The molecule has 5 aromatic carbocycles. The Hall–Kier alpha value is -4.81. The molecule has 8 aromatic rings. The molecule has 124 heavy (non-hydrogen) atoms. The summed E-state index contributed by atoms with van der Waals surface area (Å²) in [6, 6.07) is 41.9. The quantitative estimate of drug-likeness (QED) is 0.00294. The number of nitrogens with zero attached hydrogens (tertiary/aromatic N) is 11. The number of thioether (sulfide) groups is 6. The lowest BCUT2D eigenvalue weighted by molar-refractivity contribution is -0.385. The van der Waals surface area contributed by atoms with Crippen LogP contribution in [-0.4, -0.2) is 254 Å². The molecule has 23 nitrogen and oxygen atoms in total. The first-order chi connectivity index (χ1) is 58.3. The van der Waals surface area contributed by atoms with Gasteiger partial charge in [0.15, 0.2) is 0 Å². The van der Waals surface area contributed by atoms with Gasteiger partial charge in [-0.05, 0) is 172 Å². The maximum atomic E-state index is 10.8. The Kier molecular flexibility index (Phi) is 61.1. The van der Waals surface area contributed by atoms with Crippen LogP contribution < -0.4 is 42.3 Å². The van der Waals surface area contributed by atoms with Gasteiger partial charge in [-0.2, -0.15) is 0 Å². The maximum Gasteiger partial charge on any atom is 0.270 e. The number of rotatable bonds is 33. The number of hydrazine groups is 1. The molecule has 0 radical (unpaired) electrons. The molecule has 0 saturated carbocycles. The fourth-order valence-electron chi connectivity index (χ4n) is 13.6. The highest BCUT2D eigenvalue weighted by molar-refractivity contribution is 14.0. The standard InChI is InChI=1S/2C20H27N3S2.C14H21N3O2S.C14H23N3S.C8H8N2O2S.C6H14ClN.C6H7NS2.2ClH.HI.H4N2.H2O/c2*1-3-22(4-2)9-10-23-11-13-25-20-15-16(7-8-18(20)23)14-17(21)19-6-5-12-24-19;1-3-15(4-2)7-8-16-9-10-20-14-11-12(17(18)19)5-6-13(14)16;1-3-16(4-2)7-8-17-9-10-18-14-11-12(15)5-6-13(14)17;11-10(12)6-1-2-7-8(5-6)13-4-3-9-7;1-3-8(4-2)6-5-7;1-8-6(7)5-3-2-4-9-5;;;;1-2;/h2*5-8,12,15,21H,3-4,9-11,13-14H2,1-2H3;5-6,11H,3-4,7-10H2,1-2H3;5-6,11H,3-4,7-10,15H2,1-2H3;1-2,5,9H,3-4H2;3-6H2,1-2H3;2-4,7H,1H3;3*1H;1-2H2;1H2. The zero-order valence-electron chi connectivity index (χ0n) is 74.0. The predicted octanol–water partition coefficient (Wildman–Crippen LogP) is 20.2. The Morgan fingerprint density at radius 3 is 1.10 bits per heavy atom. The summed E-state index contributed by atoms with van der Waals surface area (Å²) in [6.07, 6.45) is 3.35. The highest BCUT2D eigenvalue weighted by Crippen LogP contribution is 2.41. The molecule has 5 aliphatic heterocycles. The molecule has 690 valence electrons. The fraction of sp³-hybridized carbons (Fsp3) is 0.489. The fourth-order valence-corrected chi connectivity index (χ4v) is 21.7. The van der Waals surface area contributed by atoms with Crippen LogP contribution >= 0.6 is 165 Å². The summed E-state index contributed by atoms with van der Waals surface area (Å²) in [7, 11) is 0. The van der Waals surface area contributed by atoms with Crippen LogP contribution in [0.25, 0.3) is 0 Å². The first-order valence-corrected chi connectivity index (χ1v) is 51.1. The predicted molar refractivity (Wildman–Crippen MR) is 567 cm³/mol. The van der Waals surface area contributed by atoms with Crippen molar-refractivity contribution in [3.63, 3.8) is 0 Å². The van der Waals surface area contributed by atoms with E-state index in [4.69, 9.17) is 33.6 Å². The number of nitro benzene ring substituents is 2. The third-order valence-electron chi connectivity index (χ3n) is 20.8. The number of hydrogen-bond donors (Lipinski definition) is 7. The number of non-ortho nitro benzene ring substituents is 2. The number of nitrogens with two attached hydrogens (primary N) is 3. The molecule has 12 N–H and O–H groups in total. The zero-order chi connectivity index (χ0) is 87.1. The number of hydrogen-bond acceptors (Lipinski definition) is 29. The van der Waals surface area contributed by atoms with Crippen LogP contribution in [0.5, 0.6) is 0 Å². The van der Waals surface area contributed by atoms with Gasteiger partial charge in [0.2, 0.25) is 0 Å². The van der Waals surface area contributed by atoms with Crippen LogP contribution in [0.15, 0.2) is 168 Å². The van der Waals surface area contributed by atoms with Crippen molar-refractivity contribution < 1.29 is 15.3 Å². The molecule has 0 aliphatic carbocycles. The Bertz CT molecular complexity index is 4170. The molecule has 0 saturated heterocycles. The third kappa shape index (κ3) is 39.1. The molecule has 0 fully saturated rings. The molecule has 0 spiro atoms. The van der Waals surface area contributed by atoms with Crippen LogP contribution in [0.1, 0.15) is 95.0 Å². The van der Waals surface area contributed by atoms with Crippen molar-refractivity contribution in [3.05, 3.63) is 190 Å². The minimum absolute atomic E-state index is 0. The average molecular weight is 2050 g/mol. The van der Waals surface area contributed by atoms with Gasteiger partial charge in [-0.1, -0.05) is 99.6 Å². The summed E-state index contributed by atoms with van der Waals surface area (Å²) in [5.74, 6) is 14.2. The Balaban J connectivity index is 0.000000500. The molecular weight excluding hydrogens is 1910 g/mol. The molecule has 0 amide bonds. The van der Waals surface area contributed by atoms with E-state index in [1.165, 1.54) is 60.7 Å². The van der Waals surface area contributed by atoms with Crippen LogP contribution in [0, 0.1) is 36.5 Å². The second-order valence-corrected chi connectivity index (χ2v) is 37.6. The van der Waals surface area contributed by atoms with Crippen LogP contribution in [0.4, 0.5) is 45.5 Å². The SMILES string of the molecule is CCN(CC)CCCl.CCN(CC)CCN1CCSc2cc(CC(=N)c3cccs3)ccc21.CCN(CC)CCN1CCSc2cc(CC(=N)c3cccs3)ccc21.CCN(CC)CCN1CCSc2cc(N)ccc21.CCN(CC)CCN1CCSc2cc([N+](=O)[O-])ccc21.CSC(=N)c1cccs1.Cl.Cl.I.NN.O.O=[N+]([O-])c1ccc2c(c1)SCCN2. The monoisotopic (exact) mass is 2040 g/mol. The number of halogens is 4. The van der Waals surface area contributed by atoms with Crippen molar-refractivity contribution in [1.82, 2.24) is 24.5 Å². The normalized spacial score (nSPS) is 13.1. The summed E-state index contributed by atoms with van der Waals surface area (Å²) >= 11 is 21.1. The van der Waals surface area contributed by atoms with E-state index in [2.05, 4.69) is 179 Å². The number of benzene rings is 5. The summed E-state index contributed by atoms with van der Waals surface area (Å²) in [6.45, 7) is 48.2. The first-order valence-electron chi connectivity index (χ1n) is 41.8. The van der Waals surface area contributed by atoms with Crippen LogP contribution in [-0.2, 0) is 12.8 Å². The van der Waals surface area contributed by atoms with Gasteiger partial charge in [-0.25, -0.2) is 0 Å². The van der Waals surface area contributed by atoms with Gasteiger partial charge >= 0.3 is 0 Å². The van der Waals surface area contributed by atoms with Gasteiger partial charge < -0.3 is 71.4 Å². The Morgan fingerprint density at radius 1 is 0.452 bits per heavy atom. The molecular formula is C88H136Cl3IN18O5S9. The number of nitrogen functional groups attached to an aromatic ring is 1. The van der Waals surface area contributed by atoms with E-state index in [1.807, 2.05) is 106 Å². The molecule has 13 rings (SSSR count). The van der Waals surface area contributed by atoms with Gasteiger partial charge in [-0.15, -0.1) is 165 Å². The average Bonchev–Trinajstić information content (AvgIpc) is 1.12. The largest absolute Gasteiger partial charge is 0.412 e. The highest BCUT2D eigenvalue weighted by atomic mass is 127. The van der Waals surface area contributed by atoms with E-state index in [0.717, 1.165) is 233 Å². The van der Waals surface area contributed by atoms with Gasteiger partial charge in [0.25, 0.3) is 11.4 Å². The third-order valence-corrected chi connectivity index (χ3v) is 29.7. The van der Waals surface area contributed by atoms with E-state index < -0.39 is 0 Å². The second-order valence-electron chi connectivity index (χ2n) is 27.9. The second kappa shape index (κ2) is 65.7. The zero-order valence-corrected chi connectivity index (χ0v) is 86.1. The number of nitrogens with one attached hydrogen (secondary N) is 4. The van der Waals surface area contributed by atoms with Crippen molar-refractivity contribution in [1.29, 1.82) is 16.2 Å². The molecule has 3 aromatic heterocycles. The Morgan fingerprint density at radius 2 is 0.766 bits per heavy atom. The lowest BCUT2D eigenvalue weighted by Crippen LogP contribution is -2.37. The van der Waals surface area contributed by atoms with E-state index in [1.54, 1.807) is 81.8 Å². The number of alkyl halides is 1. The molecule has 5 aliphatic rings. The van der Waals surface area contributed by atoms with Crippen molar-refractivity contribution >= 4 is 227 Å². The number of fused-ring (bicyclic) bond motifs is 5. The molecule has 36 heteroatoms.